The molecule has 4 heteroatoms. The fourth-order valence-corrected chi connectivity index (χ4v) is 3.04. The van der Waals surface area contributed by atoms with Gasteiger partial charge in [0, 0.05) is 19.6 Å². The minimum absolute atomic E-state index is 0.107. The van der Waals surface area contributed by atoms with Crippen LogP contribution in [0.2, 0.25) is 0 Å². The predicted octanol–water partition coefficient (Wildman–Crippen LogP) is 2.63. The van der Waals surface area contributed by atoms with Crippen molar-refractivity contribution in [3.8, 4) is 0 Å². The molecule has 1 saturated heterocycles. The number of hydrogen-bond acceptors (Lipinski definition) is 3. The highest BCUT2D eigenvalue weighted by Gasteiger charge is 2.24. The van der Waals surface area contributed by atoms with Gasteiger partial charge in [-0.15, -0.1) is 0 Å². The summed E-state index contributed by atoms with van der Waals surface area (Å²) in [7, 11) is 0. The van der Waals surface area contributed by atoms with Crippen molar-refractivity contribution in [1.29, 1.82) is 0 Å². The normalized spacial score (nSPS) is 20.6. The van der Waals surface area contributed by atoms with E-state index in [0.717, 1.165) is 38.4 Å². The Morgan fingerprint density at radius 1 is 1.24 bits per heavy atom. The van der Waals surface area contributed by atoms with Gasteiger partial charge >= 0.3 is 5.97 Å². The van der Waals surface area contributed by atoms with Crippen molar-refractivity contribution in [2.75, 3.05) is 19.7 Å². The third-order valence-electron chi connectivity index (χ3n) is 4.38. The molecule has 1 heterocycles. The molecular weight excluding hydrogens is 266 g/mol. The molecule has 0 amide bonds. The van der Waals surface area contributed by atoms with Crippen LogP contribution in [0, 0.1) is 0 Å². The second-order valence-electron chi connectivity index (χ2n) is 6.20. The summed E-state index contributed by atoms with van der Waals surface area (Å²) in [5.74, 6) is -0.0746. The Hall–Kier alpha value is -1.39. The van der Waals surface area contributed by atoms with E-state index in [1.807, 2.05) is 0 Å². The minimum Gasteiger partial charge on any atom is -0.480 e. The number of carboxylic acid groups (broad SMARTS) is 1. The van der Waals surface area contributed by atoms with Crippen molar-refractivity contribution < 1.29 is 14.6 Å². The Balaban J connectivity index is 1.46. The largest absolute Gasteiger partial charge is 0.480 e. The number of carboxylic acids is 1. The first-order chi connectivity index (χ1) is 10.2. The maximum Gasteiger partial charge on any atom is 0.329 e. The number of nitrogens with zero attached hydrogens (tertiary/aromatic N) is 1. The van der Waals surface area contributed by atoms with E-state index in [2.05, 4.69) is 29.2 Å². The van der Waals surface area contributed by atoms with Crippen molar-refractivity contribution in [3.63, 3.8) is 0 Å². The van der Waals surface area contributed by atoms with E-state index < -0.39 is 5.97 Å². The lowest BCUT2D eigenvalue weighted by molar-refractivity contribution is -0.145. The van der Waals surface area contributed by atoms with Gasteiger partial charge in [-0.05, 0) is 42.7 Å². The summed E-state index contributed by atoms with van der Waals surface area (Å²) >= 11 is 0. The van der Waals surface area contributed by atoms with E-state index in [9.17, 15) is 4.79 Å². The van der Waals surface area contributed by atoms with Crippen molar-refractivity contribution in [3.05, 3.63) is 35.4 Å². The smallest absolute Gasteiger partial charge is 0.329 e. The molecule has 1 aromatic rings. The molecule has 0 unspecified atom stereocenters. The van der Waals surface area contributed by atoms with Gasteiger partial charge < -0.3 is 9.84 Å². The van der Waals surface area contributed by atoms with Gasteiger partial charge in [0.15, 0.2) is 0 Å². The van der Waals surface area contributed by atoms with E-state index in [1.165, 1.54) is 24.0 Å². The number of aliphatic carboxylic acids is 1. The Bertz CT molecular complexity index is 491. The second-order valence-corrected chi connectivity index (χ2v) is 6.20. The second kappa shape index (κ2) is 6.58. The zero-order valence-corrected chi connectivity index (χ0v) is 12.3. The van der Waals surface area contributed by atoms with Crippen LogP contribution in [-0.4, -0.2) is 41.8 Å². The van der Waals surface area contributed by atoms with Crippen LogP contribution in [0.5, 0.6) is 0 Å². The summed E-state index contributed by atoms with van der Waals surface area (Å²) in [6, 6.07) is 8.97. The van der Waals surface area contributed by atoms with Gasteiger partial charge in [-0.2, -0.15) is 0 Å². The number of rotatable bonds is 6. The zero-order valence-electron chi connectivity index (χ0n) is 12.3. The molecule has 1 saturated carbocycles. The highest BCUT2D eigenvalue weighted by molar-refractivity contribution is 5.68. The van der Waals surface area contributed by atoms with Crippen LogP contribution in [0.15, 0.2) is 24.3 Å². The fourth-order valence-electron chi connectivity index (χ4n) is 3.04. The van der Waals surface area contributed by atoms with Crippen molar-refractivity contribution >= 4 is 5.97 Å². The standard InChI is InChI=1S/C17H23NO3/c19-17(20)12-21-16-6-8-18(9-7-16)11-13-2-1-3-15(10-13)14-4-5-14/h1-3,10,14,16H,4-9,11-12H2,(H,19,20). The molecule has 1 aromatic carbocycles. The lowest BCUT2D eigenvalue weighted by Gasteiger charge is -2.31. The van der Waals surface area contributed by atoms with Crippen LogP contribution in [0.4, 0.5) is 0 Å². The molecule has 0 bridgehead atoms. The van der Waals surface area contributed by atoms with E-state index >= 15 is 0 Å². The molecule has 4 nitrogen and oxygen atoms in total. The molecule has 2 aliphatic rings. The molecule has 1 N–H and O–H groups in total. The van der Waals surface area contributed by atoms with Gasteiger partial charge in [-0.25, -0.2) is 4.79 Å². The molecule has 1 aliphatic heterocycles. The first kappa shape index (κ1) is 14.5. The zero-order chi connectivity index (χ0) is 14.7. The lowest BCUT2D eigenvalue weighted by Crippen LogP contribution is -2.37. The summed E-state index contributed by atoms with van der Waals surface area (Å²) in [6.45, 7) is 2.79. The Morgan fingerprint density at radius 2 is 2.00 bits per heavy atom. The maximum absolute atomic E-state index is 10.5. The minimum atomic E-state index is -0.880. The van der Waals surface area contributed by atoms with E-state index in [4.69, 9.17) is 9.84 Å². The third-order valence-corrected chi connectivity index (χ3v) is 4.38. The SMILES string of the molecule is O=C(O)COC1CCN(Cc2cccc(C3CC3)c2)CC1. The topological polar surface area (TPSA) is 49.8 Å². The van der Waals surface area contributed by atoms with Gasteiger partial charge in [-0.3, -0.25) is 4.90 Å². The number of likely N-dealkylation sites (tertiary alicyclic amines) is 1. The van der Waals surface area contributed by atoms with Crippen molar-refractivity contribution in [1.82, 2.24) is 4.90 Å². The Morgan fingerprint density at radius 3 is 2.67 bits per heavy atom. The Labute approximate surface area is 125 Å². The molecular formula is C17H23NO3. The fraction of sp³-hybridized carbons (Fsp3) is 0.588. The highest BCUT2D eigenvalue weighted by atomic mass is 16.5. The van der Waals surface area contributed by atoms with E-state index in [-0.39, 0.29) is 12.7 Å². The average molecular weight is 289 g/mol. The summed E-state index contributed by atoms with van der Waals surface area (Å²) in [5, 5.41) is 8.63. The molecule has 0 spiro atoms. The quantitative estimate of drug-likeness (QED) is 0.874. The van der Waals surface area contributed by atoms with Crippen LogP contribution in [0.1, 0.15) is 42.7 Å². The molecule has 21 heavy (non-hydrogen) atoms. The first-order valence-corrected chi connectivity index (χ1v) is 7.85. The van der Waals surface area contributed by atoms with Gasteiger partial charge in [0.1, 0.15) is 6.61 Å². The maximum atomic E-state index is 10.5. The van der Waals surface area contributed by atoms with Crippen LogP contribution >= 0.6 is 0 Å². The summed E-state index contributed by atoms with van der Waals surface area (Å²) in [4.78, 5) is 12.9. The molecule has 3 rings (SSSR count). The average Bonchev–Trinajstić information content (AvgIpc) is 3.31. The molecule has 1 aliphatic carbocycles. The summed E-state index contributed by atoms with van der Waals surface area (Å²) < 4.78 is 5.38. The van der Waals surface area contributed by atoms with Crippen LogP contribution in [-0.2, 0) is 16.1 Å². The monoisotopic (exact) mass is 289 g/mol. The summed E-state index contributed by atoms with van der Waals surface area (Å²) in [5.41, 5.74) is 2.89. The van der Waals surface area contributed by atoms with Gasteiger partial charge in [0.05, 0.1) is 6.10 Å². The van der Waals surface area contributed by atoms with Crippen molar-refractivity contribution in [2.45, 2.75) is 44.2 Å². The third kappa shape index (κ3) is 4.29. The van der Waals surface area contributed by atoms with Gasteiger partial charge in [-0.1, -0.05) is 24.3 Å². The predicted molar refractivity (Wildman–Crippen MR) is 80.3 cm³/mol. The molecule has 0 atom stereocenters. The molecule has 114 valence electrons. The first-order valence-electron chi connectivity index (χ1n) is 7.85. The van der Waals surface area contributed by atoms with Crippen LogP contribution in [0.25, 0.3) is 0 Å². The number of piperidine rings is 1. The Kier molecular flexibility index (Phi) is 4.56. The number of ether oxygens (including phenoxy) is 1. The van der Waals surface area contributed by atoms with Gasteiger partial charge in [0.25, 0.3) is 0 Å². The molecule has 0 radical (unpaired) electrons. The van der Waals surface area contributed by atoms with E-state index in [0.29, 0.717) is 0 Å². The van der Waals surface area contributed by atoms with Gasteiger partial charge in [0.2, 0.25) is 0 Å². The highest BCUT2D eigenvalue weighted by Crippen LogP contribution is 2.40. The number of carbonyl (C=O) groups is 1. The molecule has 0 aromatic heterocycles. The lowest BCUT2D eigenvalue weighted by atomic mass is 10.0. The number of hydrogen-bond donors (Lipinski definition) is 1. The van der Waals surface area contributed by atoms with Crippen LogP contribution in [0.3, 0.4) is 0 Å². The number of benzene rings is 1. The molecule has 2 fully saturated rings. The van der Waals surface area contributed by atoms with Crippen molar-refractivity contribution in [2.24, 2.45) is 0 Å². The van der Waals surface area contributed by atoms with Crippen LogP contribution < -0.4 is 0 Å². The summed E-state index contributed by atoms with van der Waals surface area (Å²) in [6.07, 6.45) is 4.65. The van der Waals surface area contributed by atoms with E-state index in [1.54, 1.807) is 0 Å².